The maximum Gasteiger partial charge on any atom is 0.490 e. The summed E-state index contributed by atoms with van der Waals surface area (Å²) >= 11 is 15.3. The van der Waals surface area contributed by atoms with Crippen molar-refractivity contribution < 1.29 is 29.1 Å². The van der Waals surface area contributed by atoms with Gasteiger partial charge in [0, 0.05) is 77.4 Å². The smallest absolute Gasteiger partial charge is 0.423 e. The van der Waals surface area contributed by atoms with Crippen molar-refractivity contribution in [2.75, 3.05) is 14.2 Å². The quantitative estimate of drug-likeness (QED) is 0.145. The van der Waals surface area contributed by atoms with E-state index in [-0.39, 0.29) is 46.9 Å². The van der Waals surface area contributed by atoms with Crippen LogP contribution in [0.15, 0.2) is 87.8 Å². The lowest BCUT2D eigenvalue weighted by atomic mass is 9.61. The van der Waals surface area contributed by atoms with Crippen LogP contribution >= 0.6 is 39.1 Å². The van der Waals surface area contributed by atoms with Gasteiger partial charge < -0.3 is 31.0 Å². The maximum atomic E-state index is 14.1. The van der Waals surface area contributed by atoms with Crippen LogP contribution in [0.3, 0.4) is 0 Å². The van der Waals surface area contributed by atoms with E-state index in [0.717, 1.165) is 90.9 Å². The van der Waals surface area contributed by atoms with Gasteiger partial charge in [0.2, 0.25) is 0 Å². The van der Waals surface area contributed by atoms with Gasteiger partial charge in [0.15, 0.2) is 23.0 Å². The molecule has 2 atom stereocenters. The standard InChI is InChI=1S/C25H29ClN4O2.C20H26BrN3O2.C5H5BClNO2/c1-15(2)30-22(31)25(29-23(30)27)21-11-16(18-10-19(26)14-28-13-18)4-5-17(21)12-24(25)8-6-20(32-3)7-9-24;1-12(2)24-17(25)20(23-18(24)22)16-10-14(21)5-4-13(16)11-19(20)8-6-15(26-3)7-9-19;7-5-1-4(6(9)10)2-8-3-5/h4-5,10-11,13-15,20H,6-9,12H2,1-3H3,(H2,27,29);4-5,10,12,15H,6-9,11H2,1-3H3,(H2,22,23);1-3,9-10H. The molecule has 2 aromatic heterocycles. The van der Waals surface area contributed by atoms with E-state index in [1.165, 1.54) is 29.6 Å². The van der Waals surface area contributed by atoms with Crippen LogP contribution < -0.4 is 16.9 Å². The maximum absolute atomic E-state index is 14.1. The minimum Gasteiger partial charge on any atom is -0.423 e. The molecule has 2 saturated carbocycles. The summed E-state index contributed by atoms with van der Waals surface area (Å²) < 4.78 is 12.2. The number of nitrogens with two attached hydrogens (primary N) is 2. The monoisotopic (exact) mass is 1030 g/mol. The molecular formula is C50H60BBrCl2N8O6. The number of aromatic nitrogens is 2. The highest BCUT2D eigenvalue weighted by Crippen LogP contribution is 2.64. The van der Waals surface area contributed by atoms with Gasteiger partial charge in [-0.2, -0.15) is 0 Å². The van der Waals surface area contributed by atoms with E-state index in [0.29, 0.717) is 27.4 Å². The van der Waals surface area contributed by atoms with Crippen molar-refractivity contribution in [2.24, 2.45) is 32.3 Å². The molecule has 6 aliphatic rings. The Labute approximate surface area is 417 Å². The molecule has 0 saturated heterocycles. The Bertz CT molecular complexity index is 2640. The molecule has 2 aromatic carbocycles. The molecule has 10 rings (SSSR count). The Balaban J connectivity index is 0.000000155. The van der Waals surface area contributed by atoms with Gasteiger partial charge >= 0.3 is 7.12 Å². The lowest BCUT2D eigenvalue weighted by molar-refractivity contribution is -0.140. The van der Waals surface area contributed by atoms with E-state index in [9.17, 15) is 9.59 Å². The number of hydrogen-bond donors (Lipinski definition) is 4. The van der Waals surface area contributed by atoms with E-state index in [2.05, 4.69) is 62.3 Å². The van der Waals surface area contributed by atoms with Crippen LogP contribution in [0.1, 0.15) is 101 Å². The average Bonchev–Trinajstić information content (AvgIpc) is 3.94. The summed E-state index contributed by atoms with van der Waals surface area (Å²) in [4.78, 5) is 49.1. The number of ether oxygens (including phenoxy) is 2. The summed E-state index contributed by atoms with van der Waals surface area (Å²) in [6.45, 7) is 7.95. The zero-order chi connectivity index (χ0) is 48.9. The molecule has 360 valence electrons. The minimum atomic E-state index is -1.49. The summed E-state index contributed by atoms with van der Waals surface area (Å²) in [5, 5.41) is 18.2. The molecule has 0 radical (unpaired) electrons. The summed E-state index contributed by atoms with van der Waals surface area (Å²) in [6, 6.07) is 15.9. The van der Waals surface area contributed by atoms with Crippen molar-refractivity contribution in [2.45, 2.75) is 127 Å². The highest BCUT2D eigenvalue weighted by Gasteiger charge is 2.68. The van der Waals surface area contributed by atoms with Gasteiger partial charge in [-0.15, -0.1) is 0 Å². The van der Waals surface area contributed by atoms with Crippen LogP contribution in [0.2, 0.25) is 10.0 Å². The summed E-state index contributed by atoms with van der Waals surface area (Å²) in [6.07, 6.45) is 15.7. The Hall–Kier alpha value is -4.42. The van der Waals surface area contributed by atoms with Crippen LogP contribution in [-0.2, 0) is 43.0 Å². The second-order valence-corrected chi connectivity index (χ2v) is 21.3. The number of fused-ring (bicyclic) bond motifs is 6. The molecule has 68 heavy (non-hydrogen) atoms. The van der Waals surface area contributed by atoms with Crippen LogP contribution in [0.25, 0.3) is 11.1 Å². The molecule has 2 amide bonds. The van der Waals surface area contributed by atoms with Gasteiger partial charge in [-0.05, 0) is 150 Å². The van der Waals surface area contributed by atoms with Gasteiger partial charge in [-0.3, -0.25) is 29.4 Å². The van der Waals surface area contributed by atoms with Gasteiger partial charge in [0.25, 0.3) is 11.8 Å². The second kappa shape index (κ2) is 19.4. The third-order valence-corrected chi connectivity index (χ3v) is 16.1. The van der Waals surface area contributed by atoms with E-state index in [1.54, 1.807) is 36.4 Å². The van der Waals surface area contributed by atoms with Crippen molar-refractivity contribution in [3.8, 4) is 11.1 Å². The molecule has 6 N–H and O–H groups in total. The average molecular weight is 1030 g/mol. The fraction of sp³-hybridized carbons (Fsp3) is 0.480. The Morgan fingerprint density at radius 2 is 1.13 bits per heavy atom. The predicted octanol–water partition coefficient (Wildman–Crippen LogP) is 7.05. The number of methoxy groups -OCH3 is 2. The number of rotatable bonds is 6. The molecule has 2 aliphatic heterocycles. The fourth-order valence-corrected chi connectivity index (χ4v) is 12.7. The van der Waals surface area contributed by atoms with Gasteiger partial charge in [-0.1, -0.05) is 57.3 Å². The number of carbonyl (C=O) groups is 2. The van der Waals surface area contributed by atoms with E-state index in [1.807, 2.05) is 33.8 Å². The molecule has 4 aromatic rings. The molecule has 4 heterocycles. The Morgan fingerprint density at radius 3 is 1.54 bits per heavy atom. The molecule has 0 bridgehead atoms. The SMILES string of the molecule is COC1CCC2(CC1)Cc1ccc(-c3cncc(Cl)c3)cc1C21N=C(N)N(C(C)C)C1=O.COC1CCC2(CC1)Cc1ccc(Br)cc1C21N=C(N)N(C(C)C)C1=O.OB(O)c1cncc(Cl)c1. The van der Waals surface area contributed by atoms with Crippen LogP contribution in [0, 0.1) is 10.8 Å². The Kier molecular flexibility index (Phi) is 14.3. The third-order valence-electron chi connectivity index (χ3n) is 15.2. The molecule has 4 aliphatic carbocycles. The highest BCUT2D eigenvalue weighted by atomic mass is 79.9. The zero-order valence-corrected chi connectivity index (χ0v) is 42.5. The van der Waals surface area contributed by atoms with E-state index >= 15 is 0 Å². The molecule has 2 fully saturated rings. The number of nitrogens with zero attached hydrogens (tertiary/aromatic N) is 6. The molecule has 14 nitrogen and oxygen atoms in total. The van der Waals surface area contributed by atoms with Crippen molar-refractivity contribution in [3.05, 3.63) is 110 Å². The second-order valence-electron chi connectivity index (χ2n) is 19.6. The number of guanidine groups is 2. The number of aliphatic imine (C=N–C) groups is 2. The van der Waals surface area contributed by atoms with Gasteiger partial charge in [0.05, 0.1) is 22.3 Å². The highest BCUT2D eigenvalue weighted by molar-refractivity contribution is 9.10. The van der Waals surface area contributed by atoms with Crippen LogP contribution in [0.5, 0.6) is 0 Å². The minimum absolute atomic E-state index is 0.000913. The van der Waals surface area contributed by atoms with Gasteiger partial charge in [-0.25, -0.2) is 9.98 Å². The topological polar surface area (TPSA) is 202 Å². The fourth-order valence-electron chi connectivity index (χ4n) is 12.0. The largest absolute Gasteiger partial charge is 0.490 e. The zero-order valence-electron chi connectivity index (χ0n) is 39.4. The van der Waals surface area contributed by atoms with Crippen LogP contribution in [-0.4, -0.2) is 99.2 Å². The normalized spacial score (nSPS) is 28.0. The summed E-state index contributed by atoms with van der Waals surface area (Å²) in [7, 11) is 2.05. The summed E-state index contributed by atoms with van der Waals surface area (Å²) in [5.74, 6) is 0.714. The van der Waals surface area contributed by atoms with E-state index < -0.39 is 18.2 Å². The first-order valence-corrected chi connectivity index (χ1v) is 24.8. The van der Waals surface area contributed by atoms with Crippen molar-refractivity contribution in [1.29, 1.82) is 0 Å². The first-order chi connectivity index (χ1) is 32.4. The first kappa shape index (κ1) is 50.0. The van der Waals surface area contributed by atoms with Crippen molar-refractivity contribution in [1.82, 2.24) is 19.8 Å². The number of hydrogen-bond acceptors (Lipinski definition) is 12. The van der Waals surface area contributed by atoms with Crippen molar-refractivity contribution in [3.63, 3.8) is 0 Å². The number of amides is 2. The molecular weight excluding hydrogens is 970 g/mol. The lowest BCUT2D eigenvalue weighted by Crippen LogP contribution is -2.53. The molecule has 18 heteroatoms. The number of halogens is 3. The van der Waals surface area contributed by atoms with Gasteiger partial charge in [0.1, 0.15) is 0 Å². The third kappa shape index (κ3) is 8.45. The Morgan fingerprint density at radius 1 is 0.676 bits per heavy atom. The van der Waals surface area contributed by atoms with Crippen LogP contribution in [0.4, 0.5) is 0 Å². The summed E-state index contributed by atoms with van der Waals surface area (Å²) in [5.41, 5.74) is 16.9. The predicted molar refractivity (Wildman–Crippen MR) is 269 cm³/mol. The lowest BCUT2D eigenvalue weighted by Gasteiger charge is -2.45. The van der Waals surface area contributed by atoms with E-state index in [4.69, 9.17) is 64.2 Å². The number of carbonyl (C=O) groups excluding carboxylic acids is 2. The number of benzene rings is 2. The first-order valence-electron chi connectivity index (χ1n) is 23.3. The number of pyridine rings is 2. The van der Waals surface area contributed by atoms with Crippen molar-refractivity contribution >= 4 is 75.4 Å². The molecule has 4 spiro atoms. The molecule has 2 unspecified atom stereocenters.